The first-order valence-corrected chi connectivity index (χ1v) is 11.9. The van der Waals surface area contributed by atoms with Crippen molar-refractivity contribution in [3.05, 3.63) is 87.9 Å². The number of rotatable bonds is 8. The van der Waals surface area contributed by atoms with Crippen LogP contribution in [0.15, 0.2) is 71.6 Å². The zero-order valence-electron chi connectivity index (χ0n) is 17.4. The van der Waals surface area contributed by atoms with E-state index in [1.165, 1.54) is 25.3 Å². The van der Waals surface area contributed by atoms with Gasteiger partial charge in [0.15, 0.2) is 0 Å². The van der Waals surface area contributed by atoms with Crippen molar-refractivity contribution in [1.82, 2.24) is 4.72 Å². The molecule has 0 saturated heterocycles. The summed E-state index contributed by atoms with van der Waals surface area (Å²) in [6.07, 6.45) is 0.145. The number of carbonyl (C=O) groups excluding carboxylic acids is 1. The lowest BCUT2D eigenvalue weighted by molar-refractivity contribution is -0.117. The number of methoxy groups -OCH3 is 1. The zero-order valence-corrected chi connectivity index (χ0v) is 19.8. The Balaban J connectivity index is 1.89. The van der Waals surface area contributed by atoms with Crippen LogP contribution >= 0.6 is 23.2 Å². The third-order valence-corrected chi connectivity index (χ3v) is 6.78. The van der Waals surface area contributed by atoms with Gasteiger partial charge >= 0.3 is 0 Å². The number of nitrogens with one attached hydrogen (secondary N) is 2. The maximum absolute atomic E-state index is 13.1. The van der Waals surface area contributed by atoms with Crippen molar-refractivity contribution >= 4 is 44.8 Å². The maximum atomic E-state index is 13.1. The molecule has 0 fully saturated rings. The quantitative estimate of drug-likeness (QED) is 0.471. The van der Waals surface area contributed by atoms with Gasteiger partial charge < -0.3 is 10.1 Å². The van der Waals surface area contributed by atoms with E-state index in [1.54, 1.807) is 25.1 Å². The fourth-order valence-corrected chi connectivity index (χ4v) is 4.86. The van der Waals surface area contributed by atoms with E-state index in [0.717, 1.165) is 5.56 Å². The van der Waals surface area contributed by atoms with E-state index in [9.17, 15) is 13.2 Å². The van der Waals surface area contributed by atoms with Crippen LogP contribution in [-0.4, -0.2) is 27.5 Å². The molecule has 0 heterocycles. The van der Waals surface area contributed by atoms with Gasteiger partial charge in [0.2, 0.25) is 15.9 Å². The summed E-state index contributed by atoms with van der Waals surface area (Å²) in [6, 6.07) is 17.2. The minimum atomic E-state index is -4.00. The fraction of sp³-hybridized carbons (Fsp3) is 0.174. The number of benzene rings is 3. The summed E-state index contributed by atoms with van der Waals surface area (Å²) >= 11 is 12.1. The van der Waals surface area contributed by atoms with Crippen molar-refractivity contribution in [2.45, 2.75) is 24.3 Å². The minimum Gasteiger partial charge on any atom is -0.496 e. The van der Waals surface area contributed by atoms with Crippen LogP contribution in [-0.2, 0) is 21.2 Å². The Bertz CT molecular complexity index is 1220. The van der Waals surface area contributed by atoms with E-state index >= 15 is 0 Å². The molecule has 0 aliphatic heterocycles. The normalized spacial score (nSPS) is 12.2. The summed E-state index contributed by atoms with van der Waals surface area (Å²) in [6.45, 7) is 1.74. The number of ether oxygens (including phenoxy) is 1. The number of halogens is 2. The van der Waals surface area contributed by atoms with Gasteiger partial charge in [-0.15, -0.1) is 0 Å². The second-order valence-electron chi connectivity index (χ2n) is 7.11. The van der Waals surface area contributed by atoms with Gasteiger partial charge in [0.05, 0.1) is 22.7 Å². The molecule has 2 N–H and O–H groups in total. The summed E-state index contributed by atoms with van der Waals surface area (Å²) in [5.41, 5.74) is 1.79. The Kier molecular flexibility index (Phi) is 7.79. The molecule has 3 aromatic carbocycles. The van der Waals surface area contributed by atoms with E-state index in [4.69, 9.17) is 27.9 Å². The Morgan fingerprint density at radius 3 is 2.38 bits per heavy atom. The summed E-state index contributed by atoms with van der Waals surface area (Å²) in [4.78, 5) is 13.1. The number of anilines is 1. The number of hydrogen-bond acceptors (Lipinski definition) is 4. The van der Waals surface area contributed by atoms with Crippen LogP contribution in [0.1, 0.15) is 11.1 Å². The molecule has 0 radical (unpaired) electrons. The van der Waals surface area contributed by atoms with E-state index in [1.807, 2.05) is 30.3 Å². The van der Waals surface area contributed by atoms with Crippen molar-refractivity contribution in [3.63, 3.8) is 0 Å². The number of aryl methyl sites for hydroxylation is 1. The number of hydrogen-bond donors (Lipinski definition) is 2. The number of carbonyl (C=O) groups is 1. The third kappa shape index (κ3) is 6.01. The van der Waals surface area contributed by atoms with E-state index in [-0.39, 0.29) is 16.3 Å². The van der Waals surface area contributed by atoms with Crippen molar-refractivity contribution in [2.24, 2.45) is 0 Å². The lowest BCUT2D eigenvalue weighted by Crippen LogP contribution is -2.45. The van der Waals surface area contributed by atoms with Gasteiger partial charge in [0.25, 0.3) is 0 Å². The molecule has 0 saturated carbocycles. The molecule has 1 amide bonds. The topological polar surface area (TPSA) is 84.5 Å². The van der Waals surface area contributed by atoms with Crippen LogP contribution in [0.25, 0.3) is 0 Å². The first-order valence-electron chi connectivity index (χ1n) is 9.66. The second-order valence-corrected chi connectivity index (χ2v) is 9.67. The summed E-state index contributed by atoms with van der Waals surface area (Å²) < 4.78 is 33.9. The van der Waals surface area contributed by atoms with Gasteiger partial charge in [0.1, 0.15) is 11.8 Å². The molecule has 0 bridgehead atoms. The standard InChI is InChI=1S/C23H22Cl2N2O4S/c1-15-12-18(9-11-22(15)31-2)32(29,30)27-21(13-16-6-4-3-5-7-16)23(28)26-20-10-8-17(24)14-19(20)25/h3-12,14,21,27H,13H2,1-2H3,(H,26,28). The lowest BCUT2D eigenvalue weighted by atomic mass is 10.1. The fourth-order valence-electron chi connectivity index (χ4n) is 3.12. The average molecular weight is 493 g/mol. The molecular formula is C23H22Cl2N2O4S. The molecule has 0 aliphatic rings. The van der Waals surface area contributed by atoms with Gasteiger partial charge in [-0.05, 0) is 60.9 Å². The Morgan fingerprint density at radius 2 is 1.75 bits per heavy atom. The largest absolute Gasteiger partial charge is 0.496 e. The Hall–Kier alpha value is -2.58. The molecule has 168 valence electrons. The molecule has 0 spiro atoms. The summed E-state index contributed by atoms with van der Waals surface area (Å²) in [5.74, 6) is 0.0202. The van der Waals surface area contributed by atoms with Gasteiger partial charge in [-0.1, -0.05) is 53.5 Å². The molecular weight excluding hydrogens is 471 g/mol. The SMILES string of the molecule is COc1ccc(S(=O)(=O)NC(Cc2ccccc2)C(=O)Nc2ccc(Cl)cc2Cl)cc1C. The zero-order chi connectivity index (χ0) is 23.3. The van der Waals surface area contributed by atoms with Crippen LogP contribution in [0.5, 0.6) is 5.75 Å². The molecule has 32 heavy (non-hydrogen) atoms. The Labute approximate surface area is 197 Å². The second kappa shape index (κ2) is 10.4. The number of amides is 1. The highest BCUT2D eigenvalue weighted by atomic mass is 35.5. The summed E-state index contributed by atoms with van der Waals surface area (Å²) in [5, 5.41) is 3.35. The van der Waals surface area contributed by atoms with Crippen LogP contribution in [0.2, 0.25) is 10.0 Å². The smallest absolute Gasteiger partial charge is 0.242 e. The first-order chi connectivity index (χ1) is 15.2. The number of sulfonamides is 1. The predicted molar refractivity (Wildman–Crippen MR) is 127 cm³/mol. The van der Waals surface area contributed by atoms with Crippen LogP contribution < -0.4 is 14.8 Å². The van der Waals surface area contributed by atoms with Crippen LogP contribution in [0.3, 0.4) is 0 Å². The van der Waals surface area contributed by atoms with E-state index in [2.05, 4.69) is 10.0 Å². The first kappa shape index (κ1) is 24.1. The minimum absolute atomic E-state index is 0.0335. The van der Waals surface area contributed by atoms with Crippen LogP contribution in [0, 0.1) is 6.92 Å². The van der Waals surface area contributed by atoms with Gasteiger partial charge in [-0.25, -0.2) is 8.42 Å². The summed E-state index contributed by atoms with van der Waals surface area (Å²) in [7, 11) is -2.49. The molecule has 3 rings (SSSR count). The monoisotopic (exact) mass is 492 g/mol. The molecule has 3 aromatic rings. The van der Waals surface area contributed by atoms with Crippen molar-refractivity contribution in [3.8, 4) is 5.75 Å². The third-order valence-electron chi connectivity index (χ3n) is 4.76. The highest BCUT2D eigenvalue weighted by molar-refractivity contribution is 7.89. The molecule has 0 aromatic heterocycles. The van der Waals surface area contributed by atoms with Crippen molar-refractivity contribution in [2.75, 3.05) is 12.4 Å². The van der Waals surface area contributed by atoms with Gasteiger partial charge in [-0.3, -0.25) is 4.79 Å². The average Bonchev–Trinajstić information content (AvgIpc) is 2.75. The van der Waals surface area contributed by atoms with Gasteiger partial charge in [0, 0.05) is 5.02 Å². The molecule has 1 atom stereocenters. The van der Waals surface area contributed by atoms with Crippen molar-refractivity contribution < 1.29 is 17.9 Å². The molecule has 0 aliphatic carbocycles. The van der Waals surface area contributed by atoms with Gasteiger partial charge in [-0.2, -0.15) is 4.72 Å². The predicted octanol–water partition coefficient (Wildman–Crippen LogP) is 4.84. The van der Waals surface area contributed by atoms with Crippen molar-refractivity contribution in [1.29, 1.82) is 0 Å². The highest BCUT2D eigenvalue weighted by Crippen LogP contribution is 2.26. The molecule has 6 nitrogen and oxygen atoms in total. The van der Waals surface area contributed by atoms with Crippen LogP contribution in [0.4, 0.5) is 5.69 Å². The molecule has 1 unspecified atom stereocenters. The highest BCUT2D eigenvalue weighted by Gasteiger charge is 2.27. The Morgan fingerprint density at radius 1 is 1.03 bits per heavy atom. The molecule has 9 heteroatoms. The van der Waals surface area contributed by atoms with E-state index < -0.39 is 22.0 Å². The maximum Gasteiger partial charge on any atom is 0.242 e. The van der Waals surface area contributed by atoms with E-state index in [0.29, 0.717) is 22.0 Å². The lowest BCUT2D eigenvalue weighted by Gasteiger charge is -2.20.